The van der Waals surface area contributed by atoms with Gasteiger partial charge in [-0.2, -0.15) is 0 Å². The number of rotatable bonds is 1. The average molecular weight is 463 g/mol. The minimum Gasteiger partial charge on any atom is -0.504 e. The van der Waals surface area contributed by atoms with Gasteiger partial charge in [0, 0.05) is 42.4 Å². The van der Waals surface area contributed by atoms with Crippen LogP contribution in [0.1, 0.15) is 37.8 Å². The second kappa shape index (κ2) is 10.1. The Bertz CT molecular complexity index is 1220. The molecule has 1 atom stereocenters. The molecule has 1 amide bonds. The number of aryl methyl sites for hydroxylation is 1. The van der Waals surface area contributed by atoms with E-state index in [0.29, 0.717) is 42.0 Å². The number of fused-ring (bicyclic) bond motifs is 2. The molecule has 3 N–H and O–H groups in total. The maximum Gasteiger partial charge on any atom is 0.223 e. The molecule has 2 heterocycles. The molecule has 3 aromatic rings. The third kappa shape index (κ3) is 5.27. The smallest absolute Gasteiger partial charge is 0.223 e. The van der Waals surface area contributed by atoms with E-state index in [-0.39, 0.29) is 36.2 Å². The van der Waals surface area contributed by atoms with Crippen LogP contribution in [0.4, 0.5) is 11.5 Å². The molecule has 0 saturated heterocycles. The number of hydrogen-bond acceptors (Lipinski definition) is 7. The Morgan fingerprint density at radius 2 is 1.97 bits per heavy atom. The van der Waals surface area contributed by atoms with Crippen molar-refractivity contribution >= 4 is 34.1 Å². The van der Waals surface area contributed by atoms with Gasteiger partial charge in [0.05, 0.1) is 12.1 Å². The molecule has 178 valence electrons. The summed E-state index contributed by atoms with van der Waals surface area (Å²) in [6.45, 7) is 6.62. The van der Waals surface area contributed by atoms with E-state index < -0.39 is 5.92 Å². The van der Waals surface area contributed by atoms with Gasteiger partial charge < -0.3 is 20.5 Å². The summed E-state index contributed by atoms with van der Waals surface area (Å²) in [5, 5.41) is 17.4. The summed E-state index contributed by atoms with van der Waals surface area (Å²) < 4.78 is 5.80. The first-order valence-electron chi connectivity index (χ1n) is 11.6. The minimum atomic E-state index is -0.397. The van der Waals surface area contributed by atoms with E-state index >= 15 is 0 Å². The zero-order chi connectivity index (χ0) is 24.2. The number of aromatic nitrogens is 2. The van der Waals surface area contributed by atoms with Gasteiger partial charge in [-0.05, 0) is 42.5 Å². The first-order valence-corrected chi connectivity index (χ1v) is 11.6. The van der Waals surface area contributed by atoms with Gasteiger partial charge in [-0.3, -0.25) is 9.59 Å². The number of ether oxygens (including phenoxy) is 1. The quantitative estimate of drug-likeness (QED) is 0.500. The van der Waals surface area contributed by atoms with Crippen molar-refractivity contribution in [2.45, 2.75) is 40.0 Å². The van der Waals surface area contributed by atoms with Gasteiger partial charge in [0.2, 0.25) is 5.91 Å². The number of benzene rings is 2. The van der Waals surface area contributed by atoms with Crippen LogP contribution < -0.4 is 15.4 Å². The van der Waals surface area contributed by atoms with E-state index in [1.807, 2.05) is 39.0 Å². The van der Waals surface area contributed by atoms with Gasteiger partial charge in [0.1, 0.15) is 17.9 Å². The van der Waals surface area contributed by atoms with Crippen molar-refractivity contribution in [3.8, 4) is 11.5 Å². The summed E-state index contributed by atoms with van der Waals surface area (Å²) in [4.78, 5) is 34.5. The Labute approximate surface area is 198 Å². The summed E-state index contributed by atoms with van der Waals surface area (Å²) in [6, 6.07) is 9.11. The molecule has 0 saturated carbocycles. The van der Waals surface area contributed by atoms with Crippen LogP contribution in [0.3, 0.4) is 0 Å². The normalized spacial score (nSPS) is 17.6. The molecule has 8 nitrogen and oxygen atoms in total. The molecule has 2 aromatic carbocycles. The zero-order valence-electron chi connectivity index (χ0n) is 19.7. The Balaban J connectivity index is 1.76. The van der Waals surface area contributed by atoms with E-state index in [4.69, 9.17) is 4.74 Å². The summed E-state index contributed by atoms with van der Waals surface area (Å²) in [7, 11) is 0. The molecule has 8 heteroatoms. The third-order valence-electron chi connectivity index (χ3n) is 6.09. The van der Waals surface area contributed by atoms with Crippen molar-refractivity contribution in [2.24, 2.45) is 11.8 Å². The minimum absolute atomic E-state index is 0.00755. The molecule has 0 spiro atoms. The lowest BCUT2D eigenvalue weighted by atomic mass is 9.88. The number of anilines is 2. The monoisotopic (exact) mass is 462 g/mol. The number of phenols is 1. The Morgan fingerprint density at radius 1 is 1.15 bits per heavy atom. The van der Waals surface area contributed by atoms with Crippen LogP contribution in [0.25, 0.3) is 10.9 Å². The number of carbonyl (C=O) groups excluding carboxylic acids is 2. The van der Waals surface area contributed by atoms with Crippen molar-refractivity contribution in [3.63, 3.8) is 0 Å². The molecule has 1 aliphatic heterocycles. The topological polar surface area (TPSA) is 113 Å². The van der Waals surface area contributed by atoms with Gasteiger partial charge in [0.15, 0.2) is 11.5 Å². The molecule has 0 fully saturated rings. The molecular formula is C26H30N4O4. The molecule has 0 radical (unpaired) electrons. The molecular weight excluding hydrogens is 432 g/mol. The fraction of sp³-hybridized carbons (Fsp3) is 0.385. The zero-order valence-corrected chi connectivity index (χ0v) is 19.7. The fourth-order valence-corrected chi connectivity index (χ4v) is 4.13. The summed E-state index contributed by atoms with van der Waals surface area (Å²) >= 11 is 0. The molecule has 2 bridgehead atoms. The van der Waals surface area contributed by atoms with Crippen molar-refractivity contribution in [1.29, 1.82) is 0 Å². The largest absolute Gasteiger partial charge is 0.504 e. The van der Waals surface area contributed by atoms with Crippen LogP contribution in [0.2, 0.25) is 0 Å². The van der Waals surface area contributed by atoms with E-state index in [2.05, 4.69) is 20.6 Å². The van der Waals surface area contributed by atoms with E-state index in [9.17, 15) is 14.7 Å². The lowest BCUT2D eigenvalue weighted by Crippen LogP contribution is -2.36. The van der Waals surface area contributed by atoms with E-state index in [1.54, 1.807) is 12.1 Å². The maximum atomic E-state index is 13.0. The number of phenolic OH excluding ortho intramolecular Hbond substituents is 1. The SMILES string of the molecule is Cc1ccc2c(c1)Nc1ncnc3cc(O)c(cc13)OCCCNC(=O)[C@H](C(C)C)CC(=O)C2. The first-order chi connectivity index (χ1) is 16.3. The average Bonchev–Trinajstić information content (AvgIpc) is 2.79. The van der Waals surface area contributed by atoms with Gasteiger partial charge in [-0.15, -0.1) is 0 Å². The molecule has 34 heavy (non-hydrogen) atoms. The maximum absolute atomic E-state index is 13.0. The molecule has 0 aliphatic carbocycles. The Morgan fingerprint density at radius 3 is 2.76 bits per heavy atom. The van der Waals surface area contributed by atoms with Gasteiger partial charge in [-0.1, -0.05) is 26.0 Å². The van der Waals surface area contributed by atoms with Gasteiger partial charge in [-0.25, -0.2) is 9.97 Å². The number of hydrogen-bond donors (Lipinski definition) is 3. The van der Waals surface area contributed by atoms with Crippen molar-refractivity contribution in [1.82, 2.24) is 15.3 Å². The molecule has 1 aromatic heterocycles. The van der Waals surface area contributed by atoms with Crippen molar-refractivity contribution < 1.29 is 19.4 Å². The highest BCUT2D eigenvalue weighted by Gasteiger charge is 2.25. The van der Waals surface area contributed by atoms with Crippen LogP contribution in [0.5, 0.6) is 11.5 Å². The van der Waals surface area contributed by atoms with Crippen LogP contribution >= 0.6 is 0 Å². The summed E-state index contributed by atoms with van der Waals surface area (Å²) in [6.07, 6.45) is 2.37. The highest BCUT2D eigenvalue weighted by molar-refractivity contribution is 5.94. The number of aromatic hydroxyl groups is 1. The molecule has 4 rings (SSSR count). The Kier molecular flexibility index (Phi) is 6.95. The molecule has 0 unspecified atom stereocenters. The van der Waals surface area contributed by atoms with E-state index in [1.165, 1.54) is 6.33 Å². The number of nitrogens with zero attached hydrogens (tertiary/aromatic N) is 2. The second-order valence-corrected chi connectivity index (χ2v) is 9.11. The predicted molar refractivity (Wildman–Crippen MR) is 130 cm³/mol. The van der Waals surface area contributed by atoms with Crippen molar-refractivity contribution in [3.05, 3.63) is 47.8 Å². The highest BCUT2D eigenvalue weighted by atomic mass is 16.5. The standard InChI is InChI=1S/C26H30N4O4/c1-15(2)19-11-18(31)10-17-6-5-16(3)9-21(17)30-25-20-12-24(34-8-4-7-27-26(19)33)23(32)13-22(20)28-14-29-25/h5-6,9,12-15,19,32H,4,7-8,10-11H2,1-3H3,(H,27,33)(H,28,29,30)/t19-/m0/s1. The number of amides is 1. The number of nitrogens with one attached hydrogen (secondary N) is 2. The number of ketones is 1. The number of carbonyl (C=O) groups is 2. The van der Waals surface area contributed by atoms with Gasteiger partial charge in [0.25, 0.3) is 0 Å². The predicted octanol–water partition coefficient (Wildman–Crippen LogP) is 4.06. The fourth-order valence-electron chi connectivity index (χ4n) is 4.13. The Hall–Kier alpha value is -3.68. The van der Waals surface area contributed by atoms with Crippen molar-refractivity contribution in [2.75, 3.05) is 18.5 Å². The van der Waals surface area contributed by atoms with E-state index in [0.717, 1.165) is 16.8 Å². The van der Waals surface area contributed by atoms with Crippen LogP contribution in [-0.4, -0.2) is 39.9 Å². The summed E-state index contributed by atoms with van der Waals surface area (Å²) in [5.41, 5.74) is 3.19. The van der Waals surface area contributed by atoms with Crippen LogP contribution in [-0.2, 0) is 16.0 Å². The van der Waals surface area contributed by atoms with Crippen LogP contribution in [0, 0.1) is 18.8 Å². The lowest BCUT2D eigenvalue weighted by Gasteiger charge is -2.20. The lowest BCUT2D eigenvalue weighted by molar-refractivity contribution is -0.130. The first kappa shape index (κ1) is 23.5. The second-order valence-electron chi connectivity index (χ2n) is 9.11. The highest BCUT2D eigenvalue weighted by Crippen LogP contribution is 2.35. The number of Topliss-reactive ketones (excluding diaryl/α,β-unsaturated/α-hetero) is 1. The van der Waals surface area contributed by atoms with Gasteiger partial charge >= 0.3 is 0 Å². The third-order valence-corrected chi connectivity index (χ3v) is 6.09. The van der Waals surface area contributed by atoms with Crippen LogP contribution in [0.15, 0.2) is 36.7 Å². The molecule has 1 aliphatic rings. The summed E-state index contributed by atoms with van der Waals surface area (Å²) in [5.74, 6) is 0.379.